The van der Waals surface area contributed by atoms with Crippen LogP contribution >= 0.6 is 0 Å². The molecule has 0 aromatic carbocycles. The summed E-state index contributed by atoms with van der Waals surface area (Å²) in [6.07, 6.45) is 2.53. The van der Waals surface area contributed by atoms with Crippen molar-refractivity contribution >= 4 is 5.82 Å². The van der Waals surface area contributed by atoms with Crippen molar-refractivity contribution in [3.8, 4) is 0 Å². The zero-order valence-corrected chi connectivity index (χ0v) is 9.53. The van der Waals surface area contributed by atoms with Crippen molar-refractivity contribution in [1.82, 2.24) is 10.3 Å². The zero-order chi connectivity index (χ0) is 10.7. The summed E-state index contributed by atoms with van der Waals surface area (Å²) in [5.74, 6) is 1.09. The quantitative estimate of drug-likeness (QED) is 0.794. The number of pyridine rings is 1. The van der Waals surface area contributed by atoms with Crippen molar-refractivity contribution in [3.05, 3.63) is 23.9 Å². The van der Waals surface area contributed by atoms with E-state index in [1.165, 1.54) is 12.8 Å². The van der Waals surface area contributed by atoms with Gasteiger partial charge in [-0.15, -0.1) is 0 Å². The summed E-state index contributed by atoms with van der Waals surface area (Å²) in [6, 6.07) is 6.79. The van der Waals surface area contributed by atoms with E-state index >= 15 is 0 Å². The van der Waals surface area contributed by atoms with Gasteiger partial charge in [-0.1, -0.05) is 6.07 Å². The van der Waals surface area contributed by atoms with E-state index in [1.54, 1.807) is 0 Å². The summed E-state index contributed by atoms with van der Waals surface area (Å²) in [5.41, 5.74) is 1.09. The summed E-state index contributed by atoms with van der Waals surface area (Å²) in [6.45, 7) is 4.27. The van der Waals surface area contributed by atoms with Crippen molar-refractivity contribution in [2.45, 2.75) is 25.8 Å². The Morgan fingerprint density at radius 2 is 2.33 bits per heavy atom. The molecule has 1 fully saturated rings. The Hall–Kier alpha value is -1.09. The van der Waals surface area contributed by atoms with Gasteiger partial charge in [-0.05, 0) is 38.4 Å². The number of hydrogen-bond acceptors (Lipinski definition) is 3. The SMILES string of the molecule is Cc1cccc(N(C)C2CCCNC2)n1. The first-order valence-electron chi connectivity index (χ1n) is 5.64. The molecule has 0 amide bonds. The van der Waals surface area contributed by atoms with E-state index in [0.29, 0.717) is 6.04 Å². The Kier molecular flexibility index (Phi) is 3.21. The van der Waals surface area contributed by atoms with Gasteiger partial charge in [-0.2, -0.15) is 0 Å². The molecule has 3 heteroatoms. The molecule has 1 aromatic rings. The minimum Gasteiger partial charge on any atom is -0.355 e. The minimum absolute atomic E-state index is 0.591. The molecule has 0 spiro atoms. The third-order valence-corrected chi connectivity index (χ3v) is 3.05. The summed E-state index contributed by atoms with van der Waals surface area (Å²) >= 11 is 0. The molecule has 3 nitrogen and oxygen atoms in total. The number of hydrogen-bond donors (Lipinski definition) is 1. The zero-order valence-electron chi connectivity index (χ0n) is 9.53. The van der Waals surface area contributed by atoms with Gasteiger partial charge in [0, 0.05) is 25.3 Å². The van der Waals surface area contributed by atoms with Gasteiger partial charge in [0.25, 0.3) is 0 Å². The fourth-order valence-corrected chi connectivity index (χ4v) is 2.08. The van der Waals surface area contributed by atoms with Crippen molar-refractivity contribution in [2.24, 2.45) is 0 Å². The molecule has 2 heterocycles. The molecule has 0 bridgehead atoms. The number of aryl methyl sites for hydroxylation is 1. The van der Waals surface area contributed by atoms with Crippen molar-refractivity contribution in [1.29, 1.82) is 0 Å². The predicted octanol–water partition coefficient (Wildman–Crippen LogP) is 1.58. The Balaban J connectivity index is 2.08. The summed E-state index contributed by atoms with van der Waals surface area (Å²) in [4.78, 5) is 6.84. The molecule has 1 aliphatic heterocycles. The number of likely N-dealkylation sites (N-methyl/N-ethyl adjacent to an activating group) is 1. The third-order valence-electron chi connectivity index (χ3n) is 3.05. The smallest absolute Gasteiger partial charge is 0.128 e. The second-order valence-corrected chi connectivity index (χ2v) is 4.25. The maximum atomic E-state index is 4.55. The van der Waals surface area contributed by atoms with Crippen LogP contribution in [-0.2, 0) is 0 Å². The molecular formula is C12H19N3. The lowest BCUT2D eigenvalue weighted by Crippen LogP contribution is -2.44. The average molecular weight is 205 g/mol. The number of nitrogens with zero attached hydrogens (tertiary/aromatic N) is 2. The molecule has 1 N–H and O–H groups in total. The van der Waals surface area contributed by atoms with Crippen LogP contribution in [0, 0.1) is 6.92 Å². The number of nitrogens with one attached hydrogen (secondary N) is 1. The molecular weight excluding hydrogens is 186 g/mol. The topological polar surface area (TPSA) is 28.2 Å². The molecule has 1 atom stereocenters. The average Bonchev–Trinajstić information content (AvgIpc) is 2.29. The van der Waals surface area contributed by atoms with E-state index in [2.05, 4.69) is 34.4 Å². The van der Waals surface area contributed by atoms with E-state index in [0.717, 1.165) is 24.6 Å². The monoisotopic (exact) mass is 205 g/mol. The summed E-state index contributed by atoms with van der Waals surface area (Å²) in [7, 11) is 2.14. The van der Waals surface area contributed by atoms with E-state index in [-0.39, 0.29) is 0 Å². The highest BCUT2D eigenvalue weighted by Gasteiger charge is 2.18. The third kappa shape index (κ3) is 2.48. The Labute approximate surface area is 91.5 Å². The molecule has 1 aliphatic rings. The van der Waals surface area contributed by atoms with Gasteiger partial charge in [0.1, 0.15) is 5.82 Å². The molecule has 1 unspecified atom stereocenters. The largest absolute Gasteiger partial charge is 0.355 e. The lowest BCUT2D eigenvalue weighted by molar-refractivity contribution is 0.443. The number of piperidine rings is 1. The highest BCUT2D eigenvalue weighted by molar-refractivity contribution is 5.39. The van der Waals surface area contributed by atoms with Crippen LogP contribution < -0.4 is 10.2 Å². The molecule has 0 aliphatic carbocycles. The van der Waals surface area contributed by atoms with Gasteiger partial charge >= 0.3 is 0 Å². The fraction of sp³-hybridized carbons (Fsp3) is 0.583. The van der Waals surface area contributed by atoms with Gasteiger partial charge in [0.05, 0.1) is 0 Å². The highest BCUT2D eigenvalue weighted by Crippen LogP contribution is 2.16. The Morgan fingerprint density at radius 3 is 3.00 bits per heavy atom. The number of anilines is 1. The van der Waals surface area contributed by atoms with Crippen LogP contribution in [-0.4, -0.2) is 31.2 Å². The van der Waals surface area contributed by atoms with Crippen LogP contribution in [0.3, 0.4) is 0 Å². The minimum atomic E-state index is 0.591. The first kappa shape index (κ1) is 10.4. The maximum Gasteiger partial charge on any atom is 0.128 e. The molecule has 1 saturated heterocycles. The van der Waals surface area contributed by atoms with Crippen LogP contribution in [0.2, 0.25) is 0 Å². The highest BCUT2D eigenvalue weighted by atomic mass is 15.2. The van der Waals surface area contributed by atoms with Gasteiger partial charge in [-0.25, -0.2) is 4.98 Å². The lowest BCUT2D eigenvalue weighted by atomic mass is 10.1. The standard InChI is InChI=1S/C12H19N3/c1-10-5-3-7-12(14-10)15(2)11-6-4-8-13-9-11/h3,5,7,11,13H,4,6,8-9H2,1-2H3. The second kappa shape index (κ2) is 4.62. The maximum absolute atomic E-state index is 4.55. The molecule has 15 heavy (non-hydrogen) atoms. The molecule has 1 aromatic heterocycles. The van der Waals surface area contributed by atoms with Gasteiger partial charge in [0.15, 0.2) is 0 Å². The lowest BCUT2D eigenvalue weighted by Gasteiger charge is -2.32. The first-order valence-corrected chi connectivity index (χ1v) is 5.64. The van der Waals surface area contributed by atoms with Crippen LogP contribution in [0.4, 0.5) is 5.82 Å². The number of aromatic nitrogens is 1. The van der Waals surface area contributed by atoms with E-state index < -0.39 is 0 Å². The second-order valence-electron chi connectivity index (χ2n) is 4.25. The van der Waals surface area contributed by atoms with E-state index in [9.17, 15) is 0 Å². The molecule has 82 valence electrons. The van der Waals surface area contributed by atoms with E-state index in [1.807, 2.05) is 13.0 Å². The van der Waals surface area contributed by atoms with Gasteiger partial charge in [-0.3, -0.25) is 0 Å². The van der Waals surface area contributed by atoms with Crippen molar-refractivity contribution < 1.29 is 0 Å². The molecule has 0 saturated carbocycles. The fourth-order valence-electron chi connectivity index (χ4n) is 2.08. The Morgan fingerprint density at radius 1 is 1.47 bits per heavy atom. The van der Waals surface area contributed by atoms with Crippen molar-refractivity contribution in [3.63, 3.8) is 0 Å². The van der Waals surface area contributed by atoms with Crippen LogP contribution in [0.1, 0.15) is 18.5 Å². The number of rotatable bonds is 2. The van der Waals surface area contributed by atoms with E-state index in [4.69, 9.17) is 0 Å². The summed E-state index contributed by atoms with van der Waals surface area (Å²) in [5, 5.41) is 3.43. The Bertz CT molecular complexity index is 318. The van der Waals surface area contributed by atoms with Crippen LogP contribution in [0.25, 0.3) is 0 Å². The molecule has 2 rings (SSSR count). The molecule has 0 radical (unpaired) electrons. The van der Waals surface area contributed by atoms with Gasteiger partial charge < -0.3 is 10.2 Å². The van der Waals surface area contributed by atoms with Crippen LogP contribution in [0.5, 0.6) is 0 Å². The normalized spacial score (nSPS) is 21.3. The first-order chi connectivity index (χ1) is 7.27. The predicted molar refractivity (Wildman–Crippen MR) is 63.3 cm³/mol. The summed E-state index contributed by atoms with van der Waals surface area (Å²) < 4.78 is 0. The van der Waals surface area contributed by atoms with Crippen LogP contribution in [0.15, 0.2) is 18.2 Å². The van der Waals surface area contributed by atoms with Crippen molar-refractivity contribution in [2.75, 3.05) is 25.0 Å². The van der Waals surface area contributed by atoms with Gasteiger partial charge in [0.2, 0.25) is 0 Å².